The van der Waals surface area contributed by atoms with Crippen molar-refractivity contribution in [1.29, 1.82) is 0 Å². The molecule has 0 bridgehead atoms. The number of hydrogen-bond acceptors (Lipinski definition) is 5. The number of carbonyl (C=O) groups is 1. The van der Waals surface area contributed by atoms with E-state index in [1.165, 1.54) is 27.3 Å². The van der Waals surface area contributed by atoms with Gasteiger partial charge in [-0.3, -0.25) is 9.59 Å². The number of aromatic nitrogens is 2. The van der Waals surface area contributed by atoms with Crippen LogP contribution in [0.2, 0.25) is 0 Å². The largest absolute Gasteiger partial charge is 0.351 e. The van der Waals surface area contributed by atoms with E-state index in [0.717, 1.165) is 12.8 Å². The first-order chi connectivity index (χ1) is 11.9. The molecule has 25 heavy (non-hydrogen) atoms. The standard InChI is InChI=1S/C16H20N4O4S/c1-19-11-18-14-10-12(4-5-13(14)16(19)22)15(21)17-6-9-25(23,24)20-7-2-3-8-20/h4-5,10-11H,2-3,6-9H2,1H3,(H,17,21). The molecule has 3 rings (SSSR count). The Bertz CT molecular complexity index is 962. The number of hydrogen-bond donors (Lipinski definition) is 1. The van der Waals surface area contributed by atoms with Gasteiger partial charge in [-0.25, -0.2) is 17.7 Å². The summed E-state index contributed by atoms with van der Waals surface area (Å²) in [5, 5.41) is 3.04. The molecule has 1 N–H and O–H groups in total. The van der Waals surface area contributed by atoms with Crippen LogP contribution in [-0.4, -0.2) is 53.6 Å². The highest BCUT2D eigenvalue weighted by atomic mass is 32.2. The molecule has 1 aromatic carbocycles. The van der Waals surface area contributed by atoms with Crippen LogP contribution < -0.4 is 10.9 Å². The fourth-order valence-corrected chi connectivity index (χ4v) is 4.28. The van der Waals surface area contributed by atoms with Crippen LogP contribution in [0.4, 0.5) is 0 Å². The molecule has 1 fully saturated rings. The minimum atomic E-state index is -3.32. The number of sulfonamides is 1. The van der Waals surface area contributed by atoms with Crippen LogP contribution in [0.15, 0.2) is 29.3 Å². The van der Waals surface area contributed by atoms with Crippen molar-refractivity contribution < 1.29 is 13.2 Å². The number of nitrogens with one attached hydrogen (secondary N) is 1. The zero-order valence-electron chi connectivity index (χ0n) is 13.9. The minimum absolute atomic E-state index is 0.0414. The second-order valence-corrected chi connectivity index (χ2v) is 8.16. The molecule has 1 aromatic heterocycles. The van der Waals surface area contributed by atoms with Gasteiger partial charge in [0.05, 0.1) is 23.0 Å². The van der Waals surface area contributed by atoms with Crippen LogP contribution in [-0.2, 0) is 17.1 Å². The van der Waals surface area contributed by atoms with Crippen molar-refractivity contribution in [1.82, 2.24) is 19.2 Å². The zero-order valence-corrected chi connectivity index (χ0v) is 14.8. The first-order valence-corrected chi connectivity index (χ1v) is 9.71. The minimum Gasteiger partial charge on any atom is -0.351 e. The first kappa shape index (κ1) is 17.6. The van der Waals surface area contributed by atoms with Crippen LogP contribution in [0.1, 0.15) is 23.2 Å². The first-order valence-electron chi connectivity index (χ1n) is 8.10. The molecule has 0 aliphatic carbocycles. The van der Waals surface area contributed by atoms with Gasteiger partial charge in [0.2, 0.25) is 10.0 Å². The molecule has 0 radical (unpaired) electrons. The van der Waals surface area contributed by atoms with E-state index in [4.69, 9.17) is 0 Å². The SMILES string of the molecule is Cn1cnc2cc(C(=O)NCCS(=O)(=O)N3CCCC3)ccc2c1=O. The van der Waals surface area contributed by atoms with Gasteiger partial charge in [0.25, 0.3) is 11.5 Å². The van der Waals surface area contributed by atoms with E-state index in [0.29, 0.717) is 29.6 Å². The van der Waals surface area contributed by atoms with Gasteiger partial charge in [0.15, 0.2) is 0 Å². The third-order valence-corrected chi connectivity index (χ3v) is 6.16. The van der Waals surface area contributed by atoms with Gasteiger partial charge in [-0.05, 0) is 31.0 Å². The number of carbonyl (C=O) groups excluding carboxylic acids is 1. The highest BCUT2D eigenvalue weighted by molar-refractivity contribution is 7.89. The maximum Gasteiger partial charge on any atom is 0.260 e. The van der Waals surface area contributed by atoms with E-state index in [2.05, 4.69) is 10.3 Å². The van der Waals surface area contributed by atoms with Gasteiger partial charge in [0, 0.05) is 32.2 Å². The summed E-state index contributed by atoms with van der Waals surface area (Å²) in [6.45, 7) is 1.16. The smallest absolute Gasteiger partial charge is 0.260 e. The van der Waals surface area contributed by atoms with Crippen LogP contribution in [0.3, 0.4) is 0 Å². The van der Waals surface area contributed by atoms with E-state index < -0.39 is 10.0 Å². The van der Waals surface area contributed by atoms with E-state index >= 15 is 0 Å². The van der Waals surface area contributed by atoms with E-state index in [-0.39, 0.29) is 23.8 Å². The predicted molar refractivity (Wildman–Crippen MR) is 93.9 cm³/mol. The average molecular weight is 364 g/mol. The summed E-state index contributed by atoms with van der Waals surface area (Å²) in [4.78, 5) is 28.3. The zero-order chi connectivity index (χ0) is 18.0. The van der Waals surface area contributed by atoms with Crippen LogP contribution in [0, 0.1) is 0 Å². The third-order valence-electron chi connectivity index (χ3n) is 4.28. The van der Waals surface area contributed by atoms with Crippen molar-refractivity contribution in [2.75, 3.05) is 25.4 Å². The molecule has 0 unspecified atom stereocenters. The molecular weight excluding hydrogens is 344 g/mol. The lowest BCUT2D eigenvalue weighted by molar-refractivity contribution is 0.0956. The van der Waals surface area contributed by atoms with Crippen molar-refractivity contribution in [3.05, 3.63) is 40.4 Å². The molecule has 134 valence electrons. The fourth-order valence-electron chi connectivity index (χ4n) is 2.84. The second-order valence-electron chi connectivity index (χ2n) is 6.07. The summed E-state index contributed by atoms with van der Waals surface area (Å²) in [7, 11) is -1.71. The highest BCUT2D eigenvalue weighted by Gasteiger charge is 2.24. The number of amides is 1. The Kier molecular flexibility index (Phi) is 4.87. The molecule has 1 aliphatic rings. The Balaban J connectivity index is 1.66. The average Bonchev–Trinajstić information content (AvgIpc) is 3.13. The fraction of sp³-hybridized carbons (Fsp3) is 0.438. The van der Waals surface area contributed by atoms with Crippen molar-refractivity contribution >= 4 is 26.8 Å². The van der Waals surface area contributed by atoms with Crippen LogP contribution >= 0.6 is 0 Å². The van der Waals surface area contributed by atoms with E-state index in [1.807, 2.05) is 0 Å². The topological polar surface area (TPSA) is 101 Å². The highest BCUT2D eigenvalue weighted by Crippen LogP contribution is 2.13. The molecular formula is C16H20N4O4S. The lowest BCUT2D eigenvalue weighted by Gasteiger charge is -2.15. The number of fused-ring (bicyclic) bond motifs is 1. The quantitative estimate of drug-likeness (QED) is 0.810. The van der Waals surface area contributed by atoms with Gasteiger partial charge in [0.1, 0.15) is 0 Å². The van der Waals surface area contributed by atoms with Gasteiger partial charge in [-0.15, -0.1) is 0 Å². The number of benzene rings is 1. The van der Waals surface area contributed by atoms with Crippen LogP contribution in [0.5, 0.6) is 0 Å². The lowest BCUT2D eigenvalue weighted by Crippen LogP contribution is -2.36. The normalized spacial score (nSPS) is 15.6. The summed E-state index contributed by atoms with van der Waals surface area (Å²) >= 11 is 0. The second kappa shape index (κ2) is 6.93. The molecule has 9 heteroatoms. The third kappa shape index (κ3) is 3.72. The van der Waals surface area contributed by atoms with Crippen LogP contribution in [0.25, 0.3) is 10.9 Å². The summed E-state index contributed by atoms with van der Waals surface area (Å²) in [5.74, 6) is -0.508. The van der Waals surface area contributed by atoms with Crippen molar-refractivity contribution in [3.8, 4) is 0 Å². The Hall–Kier alpha value is -2.26. The molecule has 1 amide bonds. The van der Waals surface area contributed by atoms with Gasteiger partial charge < -0.3 is 9.88 Å². The lowest BCUT2D eigenvalue weighted by atomic mass is 10.1. The number of aryl methyl sites for hydroxylation is 1. The maximum atomic E-state index is 12.2. The van der Waals surface area contributed by atoms with Crippen molar-refractivity contribution in [2.24, 2.45) is 7.05 Å². The maximum absolute atomic E-state index is 12.2. The summed E-state index contributed by atoms with van der Waals surface area (Å²) in [6, 6.07) is 4.62. The summed E-state index contributed by atoms with van der Waals surface area (Å²) < 4.78 is 27.1. The van der Waals surface area contributed by atoms with Gasteiger partial charge in [-0.2, -0.15) is 0 Å². The molecule has 0 saturated carbocycles. The Labute approximate surface area is 145 Å². The van der Waals surface area contributed by atoms with Gasteiger partial charge in [-0.1, -0.05) is 0 Å². The molecule has 8 nitrogen and oxygen atoms in total. The van der Waals surface area contributed by atoms with Crippen molar-refractivity contribution in [3.63, 3.8) is 0 Å². The monoisotopic (exact) mass is 364 g/mol. The van der Waals surface area contributed by atoms with Gasteiger partial charge >= 0.3 is 0 Å². The predicted octanol–water partition coefficient (Wildman–Crippen LogP) is 0.0889. The summed E-state index contributed by atoms with van der Waals surface area (Å²) in [5.41, 5.74) is 0.584. The Morgan fingerprint density at radius 1 is 1.28 bits per heavy atom. The molecule has 0 atom stereocenters. The molecule has 2 heterocycles. The number of nitrogens with zero attached hydrogens (tertiary/aromatic N) is 3. The number of rotatable bonds is 5. The Morgan fingerprint density at radius 3 is 2.72 bits per heavy atom. The molecule has 1 aliphatic heterocycles. The summed E-state index contributed by atoms with van der Waals surface area (Å²) in [6.07, 6.45) is 3.17. The molecule has 2 aromatic rings. The van der Waals surface area contributed by atoms with E-state index in [1.54, 1.807) is 13.1 Å². The molecule has 0 spiro atoms. The Morgan fingerprint density at radius 2 is 2.00 bits per heavy atom. The molecule has 1 saturated heterocycles. The van der Waals surface area contributed by atoms with E-state index in [9.17, 15) is 18.0 Å². The van der Waals surface area contributed by atoms with Crippen molar-refractivity contribution in [2.45, 2.75) is 12.8 Å².